The van der Waals surface area contributed by atoms with Crippen molar-refractivity contribution in [3.63, 3.8) is 0 Å². The number of nitrogens with one attached hydrogen (secondary N) is 1. The van der Waals surface area contributed by atoms with Crippen LogP contribution >= 0.6 is 11.3 Å². The number of nitro groups is 1. The third-order valence-corrected chi connectivity index (χ3v) is 3.82. The van der Waals surface area contributed by atoms with Gasteiger partial charge in [-0.05, 0) is 30.0 Å². The van der Waals surface area contributed by atoms with E-state index >= 15 is 0 Å². The molecule has 0 aliphatic carbocycles. The van der Waals surface area contributed by atoms with E-state index in [2.05, 4.69) is 5.32 Å². The Bertz CT molecular complexity index is 784. The van der Waals surface area contributed by atoms with Gasteiger partial charge in [0, 0.05) is 23.1 Å². The fourth-order valence-corrected chi connectivity index (χ4v) is 2.38. The molecule has 0 saturated heterocycles. The Labute approximate surface area is 141 Å². The summed E-state index contributed by atoms with van der Waals surface area (Å²) in [5.74, 6) is -1.22. The molecule has 1 aromatic heterocycles. The number of ether oxygens (including phenoxy) is 1. The molecule has 24 heavy (non-hydrogen) atoms. The summed E-state index contributed by atoms with van der Waals surface area (Å²) in [5.41, 5.74) is 0.837. The maximum Gasteiger partial charge on any atom is 0.331 e. The van der Waals surface area contributed by atoms with Crippen molar-refractivity contribution in [2.75, 3.05) is 11.9 Å². The average molecular weight is 346 g/mol. The predicted molar refractivity (Wildman–Crippen MR) is 90.8 cm³/mol. The van der Waals surface area contributed by atoms with Crippen LogP contribution in [0.3, 0.4) is 0 Å². The zero-order valence-electron chi connectivity index (χ0n) is 12.7. The Hall–Kier alpha value is -3.00. The van der Waals surface area contributed by atoms with Crippen molar-refractivity contribution in [1.29, 1.82) is 0 Å². The number of carbonyl (C=O) groups is 2. The third kappa shape index (κ3) is 5.03. The second-order valence-corrected chi connectivity index (χ2v) is 5.74. The number of nitrogens with zero attached hydrogens (tertiary/aromatic N) is 1. The predicted octanol–water partition coefficient (Wildman–Crippen LogP) is 3.16. The molecule has 0 unspecified atom stereocenters. The fourth-order valence-electron chi connectivity index (χ4n) is 1.77. The zero-order valence-corrected chi connectivity index (χ0v) is 13.5. The molecule has 0 aliphatic rings. The number of rotatable bonds is 6. The van der Waals surface area contributed by atoms with E-state index in [1.165, 1.54) is 35.6 Å². The van der Waals surface area contributed by atoms with Crippen LogP contribution in [0, 0.1) is 17.0 Å². The summed E-state index contributed by atoms with van der Waals surface area (Å²) in [6.07, 6.45) is 2.83. The molecule has 1 N–H and O–H groups in total. The van der Waals surface area contributed by atoms with E-state index in [1.54, 1.807) is 13.0 Å². The number of amides is 1. The van der Waals surface area contributed by atoms with Crippen LogP contribution in [-0.2, 0) is 14.3 Å². The Morgan fingerprint density at radius 3 is 2.83 bits per heavy atom. The summed E-state index contributed by atoms with van der Waals surface area (Å²) in [4.78, 5) is 34.4. The van der Waals surface area contributed by atoms with Crippen molar-refractivity contribution < 1.29 is 19.2 Å². The van der Waals surface area contributed by atoms with Gasteiger partial charge in [0.1, 0.15) is 0 Å². The van der Waals surface area contributed by atoms with Crippen LogP contribution in [0.5, 0.6) is 0 Å². The molecule has 0 saturated carbocycles. The van der Waals surface area contributed by atoms with Crippen LogP contribution in [0.1, 0.15) is 10.4 Å². The molecule has 2 aromatic rings. The van der Waals surface area contributed by atoms with Crippen molar-refractivity contribution in [1.82, 2.24) is 0 Å². The Balaban J connectivity index is 1.88. The van der Waals surface area contributed by atoms with E-state index < -0.39 is 23.4 Å². The molecule has 124 valence electrons. The number of aryl methyl sites for hydroxylation is 1. The average Bonchev–Trinajstić information content (AvgIpc) is 3.06. The van der Waals surface area contributed by atoms with Crippen LogP contribution in [0.25, 0.3) is 6.08 Å². The molecule has 0 radical (unpaired) electrons. The lowest BCUT2D eigenvalue weighted by Gasteiger charge is -2.08. The van der Waals surface area contributed by atoms with E-state index in [4.69, 9.17) is 4.74 Å². The Kier molecular flexibility index (Phi) is 5.80. The van der Waals surface area contributed by atoms with E-state index in [0.717, 1.165) is 4.88 Å². The zero-order chi connectivity index (χ0) is 17.5. The molecule has 1 heterocycles. The van der Waals surface area contributed by atoms with Gasteiger partial charge in [0.15, 0.2) is 6.61 Å². The van der Waals surface area contributed by atoms with Gasteiger partial charge in [-0.3, -0.25) is 14.9 Å². The first-order valence-corrected chi connectivity index (χ1v) is 7.77. The minimum absolute atomic E-state index is 0.133. The SMILES string of the molecule is Cc1ccc([N+](=O)[O-])cc1NC(=O)COC(=O)/C=C/c1cccs1. The quantitative estimate of drug-likeness (QED) is 0.375. The molecule has 0 bridgehead atoms. The number of hydrogen-bond donors (Lipinski definition) is 1. The highest BCUT2D eigenvalue weighted by Crippen LogP contribution is 2.21. The molecule has 0 fully saturated rings. The first-order chi connectivity index (χ1) is 11.5. The first kappa shape index (κ1) is 17.4. The smallest absolute Gasteiger partial charge is 0.331 e. The largest absolute Gasteiger partial charge is 0.452 e. The van der Waals surface area contributed by atoms with E-state index in [0.29, 0.717) is 11.3 Å². The molecule has 0 spiro atoms. The Morgan fingerprint density at radius 2 is 2.17 bits per heavy atom. The van der Waals surface area contributed by atoms with E-state index in [-0.39, 0.29) is 5.69 Å². The van der Waals surface area contributed by atoms with Gasteiger partial charge in [0.2, 0.25) is 0 Å². The number of non-ortho nitro benzene ring substituents is 1. The summed E-state index contributed by atoms with van der Waals surface area (Å²) in [7, 11) is 0. The third-order valence-electron chi connectivity index (χ3n) is 2.98. The molecule has 1 aromatic carbocycles. The number of hydrogen-bond acceptors (Lipinski definition) is 6. The number of carbonyl (C=O) groups excluding carboxylic acids is 2. The van der Waals surface area contributed by atoms with Gasteiger partial charge in [-0.1, -0.05) is 12.1 Å². The van der Waals surface area contributed by atoms with Gasteiger partial charge in [-0.2, -0.15) is 0 Å². The highest BCUT2D eigenvalue weighted by molar-refractivity contribution is 7.10. The lowest BCUT2D eigenvalue weighted by molar-refractivity contribution is -0.384. The summed E-state index contributed by atoms with van der Waals surface area (Å²) in [5, 5.41) is 15.1. The molecular weight excluding hydrogens is 332 g/mol. The van der Waals surface area contributed by atoms with Gasteiger partial charge in [0.05, 0.1) is 10.6 Å². The maximum absolute atomic E-state index is 11.8. The minimum Gasteiger partial charge on any atom is -0.452 e. The molecule has 0 aliphatic heterocycles. The monoisotopic (exact) mass is 346 g/mol. The molecule has 1 amide bonds. The second-order valence-electron chi connectivity index (χ2n) is 4.76. The molecule has 2 rings (SSSR count). The lowest BCUT2D eigenvalue weighted by Crippen LogP contribution is -2.20. The minimum atomic E-state index is -0.644. The number of esters is 1. The van der Waals surface area contributed by atoms with Crippen molar-refractivity contribution >= 4 is 40.7 Å². The van der Waals surface area contributed by atoms with Crippen LogP contribution in [0.2, 0.25) is 0 Å². The normalized spacial score (nSPS) is 10.5. The number of nitro benzene ring substituents is 1. The van der Waals surface area contributed by atoms with Gasteiger partial charge >= 0.3 is 5.97 Å². The van der Waals surface area contributed by atoms with E-state index in [9.17, 15) is 19.7 Å². The number of benzene rings is 1. The lowest BCUT2D eigenvalue weighted by atomic mass is 10.2. The second kappa shape index (κ2) is 8.02. The van der Waals surface area contributed by atoms with Gasteiger partial charge in [-0.25, -0.2) is 4.79 Å². The van der Waals surface area contributed by atoms with Crippen LogP contribution in [0.15, 0.2) is 41.8 Å². The standard InChI is InChI=1S/C16H14N2O5S/c1-11-4-5-12(18(21)22)9-14(11)17-15(19)10-23-16(20)7-6-13-3-2-8-24-13/h2-9H,10H2,1H3,(H,17,19)/b7-6+. The van der Waals surface area contributed by atoms with Crippen LogP contribution in [0.4, 0.5) is 11.4 Å². The molecule has 0 atom stereocenters. The van der Waals surface area contributed by atoms with Crippen molar-refractivity contribution in [2.45, 2.75) is 6.92 Å². The van der Waals surface area contributed by atoms with Crippen molar-refractivity contribution in [3.8, 4) is 0 Å². The summed E-state index contributed by atoms with van der Waals surface area (Å²) < 4.78 is 4.82. The number of anilines is 1. The van der Waals surface area contributed by atoms with Gasteiger partial charge in [0.25, 0.3) is 11.6 Å². The van der Waals surface area contributed by atoms with Crippen LogP contribution < -0.4 is 5.32 Å². The summed E-state index contributed by atoms with van der Waals surface area (Å²) in [6, 6.07) is 7.83. The summed E-state index contributed by atoms with van der Waals surface area (Å²) in [6.45, 7) is 1.23. The van der Waals surface area contributed by atoms with Gasteiger partial charge < -0.3 is 10.1 Å². The number of thiophene rings is 1. The maximum atomic E-state index is 11.8. The molecular formula is C16H14N2O5S. The van der Waals surface area contributed by atoms with Crippen molar-refractivity contribution in [2.24, 2.45) is 0 Å². The highest BCUT2D eigenvalue weighted by Gasteiger charge is 2.12. The van der Waals surface area contributed by atoms with Gasteiger partial charge in [-0.15, -0.1) is 11.3 Å². The topological polar surface area (TPSA) is 98.5 Å². The highest BCUT2D eigenvalue weighted by atomic mass is 32.1. The van der Waals surface area contributed by atoms with Crippen molar-refractivity contribution in [3.05, 3.63) is 62.3 Å². The molecule has 8 heteroatoms. The Morgan fingerprint density at radius 1 is 1.38 bits per heavy atom. The summed E-state index contributed by atoms with van der Waals surface area (Å²) >= 11 is 1.47. The fraction of sp³-hybridized carbons (Fsp3) is 0.125. The van der Waals surface area contributed by atoms with E-state index in [1.807, 2.05) is 17.5 Å². The van der Waals surface area contributed by atoms with Crippen LogP contribution in [-0.4, -0.2) is 23.4 Å². The molecule has 7 nitrogen and oxygen atoms in total. The first-order valence-electron chi connectivity index (χ1n) is 6.89.